The Hall–Kier alpha value is -1.03. The molecule has 0 aliphatic rings. The minimum atomic E-state index is -4.76. The number of hydrogen-bond acceptors (Lipinski definition) is 6. The number of carbonyl (C=O) groups is 1. The number of anilines is 1. The monoisotopic (exact) mass is 521 g/mol. The molecule has 2 aromatic rings. The standard InChI is InChI=1S/C8H10AsNO5.C6H5Cl.Cl2O2S/c1-6(11)10-8-4-2-7(3-5-8)9(12,13)15-14;7-6-4-2-1-3-5-6;1-5(2,3)4/h2-5,14H,1H3,(H,10,11)(H,12,13);1-5H;. The fourth-order valence-electron chi connectivity index (χ4n) is 1.40. The number of nitrogens with one attached hydrogen (secondary N) is 1. The largest absolute Gasteiger partial charge is 0.317 e. The van der Waals surface area contributed by atoms with E-state index in [9.17, 15) is 8.53 Å². The van der Waals surface area contributed by atoms with Crippen LogP contribution in [0.3, 0.4) is 0 Å². The first-order valence-corrected chi connectivity index (χ1v) is 13.6. The molecule has 0 aliphatic carbocycles. The maximum Gasteiger partial charge on any atom is 0.317 e. The molecule has 0 heterocycles. The Morgan fingerprint density at radius 1 is 1.07 bits per heavy atom. The average molecular weight is 523 g/mol. The molecule has 1 unspecified atom stereocenters. The summed E-state index contributed by atoms with van der Waals surface area (Å²) in [6, 6.07) is 14.9. The first kappa shape index (κ1) is 26.0. The molecule has 0 radical (unpaired) electrons. The summed E-state index contributed by atoms with van der Waals surface area (Å²) in [6.07, 6.45) is 0. The fourth-order valence-corrected chi connectivity index (χ4v) is 2.84. The Morgan fingerprint density at radius 3 is 1.81 bits per heavy atom. The third-order valence-corrected chi connectivity index (χ3v) is 5.07. The van der Waals surface area contributed by atoms with Crippen LogP contribution in [0.25, 0.3) is 0 Å². The SMILES string of the molecule is CC(=O)Nc1ccc([As](=O)(O)OO)cc1.Clc1ccccc1.O=S(=O)(Cl)Cl. The Kier molecular flexibility index (Phi) is 12.0. The normalized spacial score (nSPS) is 12.4. The topological polar surface area (TPSA) is 130 Å². The minimum absolute atomic E-state index is 0.00438. The second kappa shape index (κ2) is 12.4. The molecule has 27 heavy (non-hydrogen) atoms. The van der Waals surface area contributed by atoms with Crippen molar-refractivity contribution in [1.29, 1.82) is 0 Å². The summed E-state index contributed by atoms with van der Waals surface area (Å²) in [4.78, 5) is 10.7. The van der Waals surface area contributed by atoms with Gasteiger partial charge in [-0.2, -0.15) is 8.42 Å². The van der Waals surface area contributed by atoms with E-state index < -0.39 is 22.4 Å². The van der Waals surface area contributed by atoms with Gasteiger partial charge in [0.2, 0.25) is 0 Å². The maximum atomic E-state index is 11.2. The summed E-state index contributed by atoms with van der Waals surface area (Å²) in [6.45, 7) is 1.35. The van der Waals surface area contributed by atoms with Gasteiger partial charge in [-0.3, -0.25) is 0 Å². The number of amides is 1. The zero-order valence-electron chi connectivity index (χ0n) is 13.6. The van der Waals surface area contributed by atoms with E-state index in [1.165, 1.54) is 31.2 Å². The van der Waals surface area contributed by atoms with Gasteiger partial charge in [-0.15, -0.1) is 0 Å². The van der Waals surface area contributed by atoms with Crippen LogP contribution in [0.4, 0.5) is 5.69 Å². The molecule has 8 nitrogen and oxygen atoms in total. The molecule has 0 aromatic heterocycles. The molecular formula is C14H15AsCl3NO7S. The van der Waals surface area contributed by atoms with Crippen molar-refractivity contribution in [2.45, 2.75) is 6.92 Å². The predicted molar refractivity (Wildman–Crippen MR) is 105 cm³/mol. The maximum absolute atomic E-state index is 11.2. The molecule has 2 aromatic carbocycles. The third-order valence-electron chi connectivity index (χ3n) is 2.36. The van der Waals surface area contributed by atoms with Crippen molar-refractivity contribution in [3.8, 4) is 0 Å². The van der Waals surface area contributed by atoms with Gasteiger partial charge >= 0.3 is 96.7 Å². The zero-order chi connectivity index (χ0) is 21.1. The number of benzene rings is 2. The van der Waals surface area contributed by atoms with Gasteiger partial charge in [0.05, 0.1) is 0 Å². The van der Waals surface area contributed by atoms with E-state index in [1.54, 1.807) is 0 Å². The average Bonchev–Trinajstić information content (AvgIpc) is 2.54. The molecule has 1 atom stereocenters. The van der Waals surface area contributed by atoms with E-state index in [0.717, 1.165) is 5.02 Å². The smallest absolute Gasteiger partial charge is 0.195 e. The molecule has 1 amide bonds. The summed E-state index contributed by atoms with van der Waals surface area (Å²) in [5.74, 6) is -0.237. The Bertz CT molecular complexity index is 856. The van der Waals surface area contributed by atoms with Gasteiger partial charge in [0, 0.05) is 26.4 Å². The van der Waals surface area contributed by atoms with Crippen LogP contribution in [0.2, 0.25) is 5.02 Å². The summed E-state index contributed by atoms with van der Waals surface area (Å²) in [7, 11) is 4.81. The van der Waals surface area contributed by atoms with Crippen LogP contribution in [0.5, 0.6) is 0 Å². The van der Waals surface area contributed by atoms with E-state index in [0.29, 0.717) is 5.69 Å². The third kappa shape index (κ3) is 14.7. The van der Waals surface area contributed by atoms with Crippen molar-refractivity contribution in [2.75, 3.05) is 5.32 Å². The number of carbonyl (C=O) groups excluding carboxylic acids is 1. The van der Waals surface area contributed by atoms with Crippen molar-refractivity contribution in [3.05, 3.63) is 59.6 Å². The van der Waals surface area contributed by atoms with Crippen LogP contribution in [-0.2, 0) is 20.7 Å². The van der Waals surface area contributed by atoms with E-state index in [2.05, 4.69) is 30.6 Å². The van der Waals surface area contributed by atoms with Gasteiger partial charge in [-0.05, 0) is 12.1 Å². The molecule has 3 N–H and O–H groups in total. The van der Waals surface area contributed by atoms with Gasteiger partial charge < -0.3 is 0 Å². The van der Waals surface area contributed by atoms with E-state index in [4.69, 9.17) is 29.4 Å². The molecule has 13 heteroatoms. The van der Waals surface area contributed by atoms with E-state index in [-0.39, 0.29) is 10.3 Å². The summed E-state index contributed by atoms with van der Waals surface area (Å²) >= 11 is 0.776. The van der Waals surface area contributed by atoms with Crippen LogP contribution in [0.1, 0.15) is 6.92 Å². The van der Waals surface area contributed by atoms with Crippen LogP contribution in [0, 0.1) is 0 Å². The van der Waals surface area contributed by atoms with Gasteiger partial charge in [-0.1, -0.05) is 29.8 Å². The van der Waals surface area contributed by atoms with E-state index >= 15 is 0 Å². The van der Waals surface area contributed by atoms with E-state index in [1.807, 2.05) is 30.3 Å². The quantitative estimate of drug-likeness (QED) is 0.245. The molecule has 0 aliphatic heterocycles. The van der Waals surface area contributed by atoms with Gasteiger partial charge in [-0.25, -0.2) is 0 Å². The van der Waals surface area contributed by atoms with Crippen LogP contribution in [0.15, 0.2) is 54.6 Å². The van der Waals surface area contributed by atoms with Crippen molar-refractivity contribution in [3.63, 3.8) is 0 Å². The van der Waals surface area contributed by atoms with Crippen LogP contribution in [-0.4, -0.2) is 37.9 Å². The molecule has 0 saturated heterocycles. The van der Waals surface area contributed by atoms with Gasteiger partial charge in [0.1, 0.15) is 0 Å². The number of hydrogen-bond donors (Lipinski definition) is 3. The second-order valence-corrected chi connectivity index (χ2v) is 12.2. The number of halogens is 3. The molecule has 150 valence electrons. The molecule has 0 fully saturated rings. The predicted octanol–water partition coefficient (Wildman–Crippen LogP) is 2.75. The first-order chi connectivity index (χ1) is 12.3. The summed E-state index contributed by atoms with van der Waals surface area (Å²) < 4.78 is 42.2. The van der Waals surface area contributed by atoms with Crippen LogP contribution < -0.4 is 9.67 Å². The van der Waals surface area contributed by atoms with Crippen molar-refractivity contribution >= 4 is 71.3 Å². The number of rotatable bonds is 3. The Labute approximate surface area is 172 Å². The molecular weight excluding hydrogens is 508 g/mol. The van der Waals surface area contributed by atoms with Crippen LogP contribution >= 0.6 is 33.0 Å². The summed E-state index contributed by atoms with van der Waals surface area (Å²) in [5.41, 5.74) is 0.500. The zero-order valence-corrected chi connectivity index (χ0v) is 18.6. The Balaban J connectivity index is 0.000000463. The van der Waals surface area contributed by atoms with Crippen molar-refractivity contribution in [1.82, 2.24) is 0 Å². The second-order valence-electron chi connectivity index (χ2n) is 4.50. The fraction of sp³-hybridized carbons (Fsp3) is 0.0714. The molecule has 0 spiro atoms. The van der Waals surface area contributed by atoms with Crippen molar-refractivity contribution in [2.24, 2.45) is 0 Å². The van der Waals surface area contributed by atoms with Crippen molar-refractivity contribution < 1.29 is 30.2 Å². The van der Waals surface area contributed by atoms with Gasteiger partial charge in [0.15, 0.2) is 0 Å². The minimum Gasteiger partial charge on any atom is -0.195 e. The first-order valence-electron chi connectivity index (χ1n) is 6.74. The van der Waals surface area contributed by atoms with Gasteiger partial charge in [0.25, 0.3) is 0 Å². The Morgan fingerprint density at radius 2 is 1.52 bits per heavy atom. The molecule has 2 rings (SSSR count). The summed E-state index contributed by atoms with van der Waals surface area (Å²) in [5, 5.41) is 11.5. The molecule has 0 saturated carbocycles. The molecule has 0 bridgehead atoms.